The van der Waals surface area contributed by atoms with Crippen LogP contribution in [0.3, 0.4) is 0 Å². The first-order valence-corrected chi connectivity index (χ1v) is 6.95. The van der Waals surface area contributed by atoms with Gasteiger partial charge in [-0.25, -0.2) is 0 Å². The predicted octanol–water partition coefficient (Wildman–Crippen LogP) is 0.908. The van der Waals surface area contributed by atoms with Gasteiger partial charge in [-0.15, -0.1) is 0 Å². The Morgan fingerprint density at radius 3 is 3.07 bits per heavy atom. The minimum absolute atomic E-state index is 0.108. The Bertz CT molecular complexity index is 235. The number of nitrogens with zero attached hydrogens (tertiary/aromatic N) is 1. The molecule has 86 valence electrons. The van der Waals surface area contributed by atoms with Gasteiger partial charge < -0.3 is 5.11 Å². The zero-order chi connectivity index (χ0) is 10.7. The topological polar surface area (TPSA) is 40.5 Å². The van der Waals surface area contributed by atoms with Gasteiger partial charge in [0, 0.05) is 30.5 Å². The third-order valence-corrected chi connectivity index (χ3v) is 4.50. The van der Waals surface area contributed by atoms with E-state index in [1.54, 1.807) is 0 Å². The molecule has 0 amide bonds. The van der Waals surface area contributed by atoms with E-state index in [4.69, 9.17) is 0 Å². The van der Waals surface area contributed by atoms with Crippen molar-refractivity contribution in [1.29, 1.82) is 0 Å². The number of aliphatic hydroxyl groups excluding tert-OH is 1. The van der Waals surface area contributed by atoms with Gasteiger partial charge in [0.25, 0.3) is 0 Å². The van der Waals surface area contributed by atoms with Crippen LogP contribution in [-0.4, -0.2) is 52.5 Å². The molecule has 15 heavy (non-hydrogen) atoms. The number of ketones is 1. The van der Waals surface area contributed by atoms with E-state index < -0.39 is 0 Å². The summed E-state index contributed by atoms with van der Waals surface area (Å²) in [5.74, 6) is 2.46. The second kappa shape index (κ2) is 5.32. The molecule has 0 bridgehead atoms. The molecule has 0 aromatic heterocycles. The van der Waals surface area contributed by atoms with Gasteiger partial charge in [-0.2, -0.15) is 11.8 Å². The van der Waals surface area contributed by atoms with Crippen LogP contribution in [0.4, 0.5) is 0 Å². The number of carbonyl (C=O) groups excluding carboxylic acids is 1. The number of hydrogen-bond donors (Lipinski definition) is 1. The fraction of sp³-hybridized carbons (Fsp3) is 0.909. The highest BCUT2D eigenvalue weighted by Gasteiger charge is 2.33. The van der Waals surface area contributed by atoms with Gasteiger partial charge in [0.05, 0.1) is 12.6 Å². The van der Waals surface area contributed by atoms with Crippen molar-refractivity contribution in [3.05, 3.63) is 0 Å². The van der Waals surface area contributed by atoms with Gasteiger partial charge in [0.15, 0.2) is 0 Å². The fourth-order valence-electron chi connectivity index (χ4n) is 2.55. The highest BCUT2D eigenvalue weighted by Crippen LogP contribution is 2.25. The highest BCUT2D eigenvalue weighted by atomic mass is 32.2. The molecule has 0 aromatic carbocycles. The lowest BCUT2D eigenvalue weighted by Gasteiger charge is -2.40. The molecule has 2 atom stereocenters. The Kier molecular flexibility index (Phi) is 4.05. The van der Waals surface area contributed by atoms with Crippen molar-refractivity contribution in [1.82, 2.24) is 4.90 Å². The molecule has 3 nitrogen and oxygen atoms in total. The summed E-state index contributed by atoms with van der Waals surface area (Å²) in [6.45, 7) is 1.16. The first-order chi connectivity index (χ1) is 7.33. The van der Waals surface area contributed by atoms with Crippen LogP contribution in [0.5, 0.6) is 0 Å². The normalized spacial score (nSPS) is 34.3. The molecule has 1 aliphatic heterocycles. The van der Waals surface area contributed by atoms with Crippen molar-refractivity contribution in [2.45, 2.75) is 37.8 Å². The summed E-state index contributed by atoms with van der Waals surface area (Å²) in [6, 6.07) is 0.313. The zero-order valence-electron chi connectivity index (χ0n) is 9.02. The number of rotatable bonds is 2. The predicted molar refractivity (Wildman–Crippen MR) is 62.2 cm³/mol. The van der Waals surface area contributed by atoms with Gasteiger partial charge in [0.2, 0.25) is 0 Å². The Labute approximate surface area is 95.2 Å². The first-order valence-electron chi connectivity index (χ1n) is 5.80. The minimum Gasteiger partial charge on any atom is -0.395 e. The Balaban J connectivity index is 2.02. The summed E-state index contributed by atoms with van der Waals surface area (Å²) in [7, 11) is 0. The lowest BCUT2D eigenvalue weighted by Crippen LogP contribution is -2.53. The standard InChI is InChI=1S/C11H19NO2S/c13-7-9-8-15-6-5-12(9)10-3-1-2-4-11(10)14/h9-10,13H,1-8H2. The van der Waals surface area contributed by atoms with Gasteiger partial charge in [-0.1, -0.05) is 6.42 Å². The van der Waals surface area contributed by atoms with E-state index in [1.165, 1.54) is 0 Å². The largest absolute Gasteiger partial charge is 0.395 e. The van der Waals surface area contributed by atoms with E-state index in [9.17, 15) is 9.90 Å². The Morgan fingerprint density at radius 1 is 1.47 bits per heavy atom. The summed E-state index contributed by atoms with van der Waals surface area (Å²) in [6.07, 6.45) is 3.96. The molecule has 0 aromatic rings. The quantitative estimate of drug-likeness (QED) is 0.764. The van der Waals surface area contributed by atoms with E-state index in [-0.39, 0.29) is 18.7 Å². The van der Waals surface area contributed by atoms with Crippen LogP contribution < -0.4 is 0 Å². The van der Waals surface area contributed by atoms with Crippen LogP contribution in [0.1, 0.15) is 25.7 Å². The van der Waals surface area contributed by atoms with E-state index in [0.717, 1.165) is 43.7 Å². The molecular weight excluding hydrogens is 210 g/mol. The van der Waals surface area contributed by atoms with Crippen molar-refractivity contribution >= 4 is 17.5 Å². The molecule has 1 saturated carbocycles. The summed E-state index contributed by atoms with van der Waals surface area (Å²) in [5.41, 5.74) is 0. The zero-order valence-corrected chi connectivity index (χ0v) is 9.84. The highest BCUT2D eigenvalue weighted by molar-refractivity contribution is 7.99. The molecule has 2 aliphatic rings. The SMILES string of the molecule is O=C1CCCCC1N1CCSCC1CO. The number of carbonyl (C=O) groups is 1. The van der Waals surface area contributed by atoms with Crippen LogP contribution in [0.2, 0.25) is 0 Å². The van der Waals surface area contributed by atoms with Gasteiger partial charge in [-0.05, 0) is 12.8 Å². The maximum atomic E-state index is 11.8. The summed E-state index contributed by atoms with van der Waals surface area (Å²) < 4.78 is 0. The molecular formula is C11H19NO2S. The van der Waals surface area contributed by atoms with Crippen LogP contribution in [0.25, 0.3) is 0 Å². The average molecular weight is 229 g/mol. The monoisotopic (exact) mass is 229 g/mol. The van der Waals surface area contributed by atoms with Crippen molar-refractivity contribution in [3.8, 4) is 0 Å². The maximum Gasteiger partial charge on any atom is 0.149 e. The number of hydrogen-bond acceptors (Lipinski definition) is 4. The van der Waals surface area contributed by atoms with Crippen LogP contribution in [0, 0.1) is 0 Å². The van der Waals surface area contributed by atoms with Crippen molar-refractivity contribution in [2.75, 3.05) is 24.7 Å². The van der Waals surface area contributed by atoms with E-state index in [2.05, 4.69) is 4.90 Å². The molecule has 4 heteroatoms. The number of aliphatic hydroxyl groups is 1. The van der Waals surface area contributed by atoms with E-state index in [1.807, 2.05) is 11.8 Å². The Hall–Kier alpha value is -0.0600. The molecule has 1 saturated heterocycles. The van der Waals surface area contributed by atoms with Gasteiger partial charge in [-0.3, -0.25) is 9.69 Å². The maximum absolute atomic E-state index is 11.8. The lowest BCUT2D eigenvalue weighted by atomic mass is 9.92. The second-order valence-electron chi connectivity index (χ2n) is 4.38. The smallest absolute Gasteiger partial charge is 0.149 e. The number of thioether (sulfide) groups is 1. The van der Waals surface area contributed by atoms with E-state index >= 15 is 0 Å². The summed E-state index contributed by atoms with van der Waals surface area (Å²) in [4.78, 5) is 14.1. The second-order valence-corrected chi connectivity index (χ2v) is 5.53. The van der Waals surface area contributed by atoms with Gasteiger partial charge in [0.1, 0.15) is 5.78 Å². The van der Waals surface area contributed by atoms with Crippen molar-refractivity contribution in [2.24, 2.45) is 0 Å². The van der Waals surface area contributed by atoms with Crippen LogP contribution >= 0.6 is 11.8 Å². The molecule has 2 rings (SSSR count). The van der Waals surface area contributed by atoms with Crippen molar-refractivity contribution < 1.29 is 9.90 Å². The molecule has 1 N–H and O–H groups in total. The fourth-order valence-corrected chi connectivity index (χ4v) is 3.63. The van der Waals surface area contributed by atoms with E-state index in [0.29, 0.717) is 5.78 Å². The number of Topliss-reactive ketones (excluding diaryl/α,β-unsaturated/α-hetero) is 1. The summed E-state index contributed by atoms with van der Waals surface area (Å²) in [5, 5.41) is 9.31. The first kappa shape index (κ1) is 11.4. The van der Waals surface area contributed by atoms with Gasteiger partial charge >= 0.3 is 0 Å². The van der Waals surface area contributed by atoms with Crippen LogP contribution in [0.15, 0.2) is 0 Å². The molecule has 2 fully saturated rings. The van der Waals surface area contributed by atoms with Crippen molar-refractivity contribution in [3.63, 3.8) is 0 Å². The third-order valence-electron chi connectivity index (χ3n) is 3.41. The third kappa shape index (κ3) is 2.55. The molecule has 0 spiro atoms. The molecule has 2 unspecified atom stereocenters. The molecule has 1 heterocycles. The Morgan fingerprint density at radius 2 is 2.33 bits per heavy atom. The minimum atomic E-state index is 0.108. The average Bonchev–Trinajstić information content (AvgIpc) is 2.30. The molecule has 1 aliphatic carbocycles. The lowest BCUT2D eigenvalue weighted by molar-refractivity contribution is -0.127. The molecule has 0 radical (unpaired) electrons. The van der Waals surface area contributed by atoms with Crippen LogP contribution in [-0.2, 0) is 4.79 Å². The summed E-state index contributed by atoms with van der Waals surface area (Å²) >= 11 is 1.88.